The van der Waals surface area contributed by atoms with Crippen LogP contribution in [0.1, 0.15) is 32.6 Å². The van der Waals surface area contributed by atoms with Crippen molar-refractivity contribution in [1.29, 1.82) is 0 Å². The zero-order valence-corrected chi connectivity index (χ0v) is 11.3. The van der Waals surface area contributed by atoms with E-state index in [0.29, 0.717) is 5.75 Å². The lowest BCUT2D eigenvalue weighted by Crippen LogP contribution is -2.36. The van der Waals surface area contributed by atoms with Crippen LogP contribution in [-0.2, 0) is 4.79 Å². The van der Waals surface area contributed by atoms with Crippen LogP contribution >= 0.6 is 11.8 Å². The number of amides is 1. The molecule has 0 fully saturated rings. The summed E-state index contributed by atoms with van der Waals surface area (Å²) in [5.41, 5.74) is 5.59. The van der Waals surface area contributed by atoms with Crippen molar-refractivity contribution in [2.75, 3.05) is 11.5 Å². The zero-order chi connectivity index (χ0) is 12.9. The fraction of sp³-hybridized carbons (Fsp3) is 0.583. The predicted octanol–water partition coefficient (Wildman–Crippen LogP) is 1.93. The standard InChI is InChI=1S/C12H20N2O2S/c1-9(10-5-4-6-16-10)14-11(15)7-17-8-12(2,3)13/h4-6,9H,7-8,13H2,1-3H3,(H,14,15). The number of hydrogen-bond donors (Lipinski definition) is 2. The maximum absolute atomic E-state index is 11.6. The molecular weight excluding hydrogens is 236 g/mol. The van der Waals surface area contributed by atoms with Crippen molar-refractivity contribution in [3.8, 4) is 0 Å². The Hall–Kier alpha value is -0.940. The van der Waals surface area contributed by atoms with Gasteiger partial charge in [0.05, 0.1) is 18.1 Å². The molecule has 0 aliphatic carbocycles. The Labute approximate surface area is 106 Å². The van der Waals surface area contributed by atoms with E-state index in [9.17, 15) is 4.79 Å². The van der Waals surface area contributed by atoms with Crippen molar-refractivity contribution >= 4 is 17.7 Å². The van der Waals surface area contributed by atoms with Gasteiger partial charge in [0.1, 0.15) is 5.76 Å². The minimum Gasteiger partial charge on any atom is -0.467 e. The number of nitrogens with two attached hydrogens (primary N) is 1. The highest BCUT2D eigenvalue weighted by Gasteiger charge is 2.14. The number of thioether (sulfide) groups is 1. The highest BCUT2D eigenvalue weighted by molar-refractivity contribution is 8.00. The Balaban J connectivity index is 2.26. The van der Waals surface area contributed by atoms with Crippen LogP contribution < -0.4 is 11.1 Å². The van der Waals surface area contributed by atoms with Crippen molar-refractivity contribution < 1.29 is 9.21 Å². The van der Waals surface area contributed by atoms with Crippen molar-refractivity contribution in [3.05, 3.63) is 24.2 Å². The molecule has 1 amide bonds. The van der Waals surface area contributed by atoms with E-state index < -0.39 is 0 Å². The highest BCUT2D eigenvalue weighted by atomic mass is 32.2. The van der Waals surface area contributed by atoms with Crippen LogP contribution in [0.3, 0.4) is 0 Å². The lowest BCUT2D eigenvalue weighted by molar-refractivity contribution is -0.119. The SMILES string of the molecule is CC(NC(=O)CSCC(C)(C)N)c1ccco1. The van der Waals surface area contributed by atoms with Gasteiger partial charge in [-0.15, -0.1) is 0 Å². The van der Waals surface area contributed by atoms with Crippen molar-refractivity contribution in [2.45, 2.75) is 32.4 Å². The summed E-state index contributed by atoms with van der Waals surface area (Å²) in [5.74, 6) is 1.95. The number of carbonyl (C=O) groups excluding carboxylic acids is 1. The van der Waals surface area contributed by atoms with Gasteiger partial charge in [0.15, 0.2) is 0 Å². The summed E-state index contributed by atoms with van der Waals surface area (Å²) in [6.45, 7) is 5.79. The van der Waals surface area contributed by atoms with Crippen molar-refractivity contribution in [3.63, 3.8) is 0 Å². The largest absolute Gasteiger partial charge is 0.467 e. The molecule has 1 aromatic rings. The first-order valence-electron chi connectivity index (χ1n) is 5.58. The molecule has 3 N–H and O–H groups in total. The van der Waals surface area contributed by atoms with Crippen LogP contribution in [-0.4, -0.2) is 23.0 Å². The molecule has 1 heterocycles. The summed E-state index contributed by atoms with van der Waals surface area (Å²) >= 11 is 1.54. The van der Waals surface area contributed by atoms with Crippen molar-refractivity contribution in [2.24, 2.45) is 5.73 Å². The Bertz CT molecular complexity index is 344. The molecule has 0 aliphatic heterocycles. The number of hydrogen-bond acceptors (Lipinski definition) is 4. The van der Waals surface area contributed by atoms with Crippen LogP contribution in [0.2, 0.25) is 0 Å². The second-order valence-corrected chi connectivity index (χ2v) is 5.77. The average molecular weight is 256 g/mol. The lowest BCUT2D eigenvalue weighted by atomic mass is 10.1. The topological polar surface area (TPSA) is 68.3 Å². The molecule has 1 rings (SSSR count). The van der Waals surface area contributed by atoms with Crippen LogP contribution in [0.5, 0.6) is 0 Å². The average Bonchev–Trinajstić information content (AvgIpc) is 2.67. The van der Waals surface area contributed by atoms with E-state index in [0.717, 1.165) is 11.5 Å². The van der Waals surface area contributed by atoms with Gasteiger partial charge in [0, 0.05) is 11.3 Å². The number of nitrogens with one attached hydrogen (secondary N) is 1. The van der Waals surface area contributed by atoms with Crippen LogP contribution in [0.4, 0.5) is 0 Å². The van der Waals surface area contributed by atoms with Gasteiger partial charge in [-0.25, -0.2) is 0 Å². The quantitative estimate of drug-likeness (QED) is 0.816. The number of furan rings is 1. The molecule has 0 aromatic carbocycles. The molecule has 1 aromatic heterocycles. The van der Waals surface area contributed by atoms with Gasteiger partial charge in [-0.3, -0.25) is 4.79 Å². The molecule has 96 valence electrons. The first kappa shape index (κ1) is 14.1. The second kappa shape index (κ2) is 6.12. The summed E-state index contributed by atoms with van der Waals surface area (Å²) in [4.78, 5) is 11.6. The van der Waals surface area contributed by atoms with Gasteiger partial charge < -0.3 is 15.5 Å². The van der Waals surface area contributed by atoms with Crippen LogP contribution in [0.15, 0.2) is 22.8 Å². The van der Waals surface area contributed by atoms with Gasteiger partial charge in [-0.05, 0) is 32.9 Å². The molecule has 4 nitrogen and oxygen atoms in total. The third-order valence-corrected chi connectivity index (χ3v) is 3.47. The zero-order valence-electron chi connectivity index (χ0n) is 10.5. The molecule has 0 aliphatic rings. The molecule has 1 unspecified atom stereocenters. The maximum Gasteiger partial charge on any atom is 0.230 e. The van der Waals surface area contributed by atoms with Gasteiger partial charge in [0.2, 0.25) is 5.91 Å². The van der Waals surface area contributed by atoms with Gasteiger partial charge >= 0.3 is 0 Å². The van der Waals surface area contributed by atoms with Crippen LogP contribution in [0.25, 0.3) is 0 Å². The molecule has 0 radical (unpaired) electrons. The van der Waals surface area contributed by atoms with E-state index in [1.807, 2.05) is 32.9 Å². The molecule has 1 atom stereocenters. The third-order valence-electron chi connectivity index (χ3n) is 2.05. The first-order valence-corrected chi connectivity index (χ1v) is 6.73. The summed E-state index contributed by atoms with van der Waals surface area (Å²) in [5, 5.41) is 2.87. The lowest BCUT2D eigenvalue weighted by Gasteiger charge is -2.17. The molecule has 0 spiro atoms. The minimum atomic E-state index is -0.239. The summed E-state index contributed by atoms with van der Waals surface area (Å²) in [7, 11) is 0. The Morgan fingerprint density at radius 2 is 2.35 bits per heavy atom. The van der Waals surface area contributed by atoms with E-state index in [2.05, 4.69) is 5.32 Å². The Morgan fingerprint density at radius 1 is 1.65 bits per heavy atom. The van der Waals surface area contributed by atoms with Gasteiger partial charge in [-0.1, -0.05) is 0 Å². The van der Waals surface area contributed by atoms with E-state index in [1.54, 1.807) is 6.26 Å². The summed E-state index contributed by atoms with van der Waals surface area (Å²) in [6, 6.07) is 3.56. The second-order valence-electron chi connectivity index (χ2n) is 4.79. The fourth-order valence-electron chi connectivity index (χ4n) is 1.30. The fourth-order valence-corrected chi connectivity index (χ4v) is 2.20. The molecule has 0 bridgehead atoms. The smallest absolute Gasteiger partial charge is 0.230 e. The number of carbonyl (C=O) groups is 1. The Kier molecular flexibility index (Phi) is 5.08. The summed E-state index contributed by atoms with van der Waals surface area (Å²) < 4.78 is 5.21. The van der Waals surface area contributed by atoms with Gasteiger partial charge in [0.25, 0.3) is 0 Å². The highest BCUT2D eigenvalue weighted by Crippen LogP contribution is 2.13. The van der Waals surface area contributed by atoms with Gasteiger partial charge in [-0.2, -0.15) is 11.8 Å². The van der Waals surface area contributed by atoms with E-state index in [4.69, 9.17) is 10.2 Å². The predicted molar refractivity (Wildman–Crippen MR) is 70.9 cm³/mol. The Morgan fingerprint density at radius 3 is 2.88 bits per heavy atom. The van der Waals surface area contributed by atoms with E-state index in [-0.39, 0.29) is 17.5 Å². The first-order chi connectivity index (χ1) is 7.88. The van der Waals surface area contributed by atoms with E-state index >= 15 is 0 Å². The van der Waals surface area contributed by atoms with Crippen molar-refractivity contribution in [1.82, 2.24) is 5.32 Å². The summed E-state index contributed by atoms with van der Waals surface area (Å²) in [6.07, 6.45) is 1.60. The molecule has 0 saturated carbocycles. The minimum absolute atomic E-state index is 0.00292. The molecule has 5 heteroatoms. The monoisotopic (exact) mass is 256 g/mol. The maximum atomic E-state index is 11.6. The molecule has 17 heavy (non-hydrogen) atoms. The normalized spacial score (nSPS) is 13.4. The number of rotatable bonds is 6. The molecular formula is C12H20N2O2S. The molecule has 0 saturated heterocycles. The van der Waals surface area contributed by atoms with Crippen LogP contribution in [0, 0.1) is 0 Å². The third kappa shape index (κ3) is 5.79. The van der Waals surface area contributed by atoms with E-state index in [1.165, 1.54) is 11.8 Å².